The zero-order chi connectivity index (χ0) is 19.2. The van der Waals surface area contributed by atoms with Gasteiger partial charge in [-0.05, 0) is 35.4 Å². The van der Waals surface area contributed by atoms with Crippen molar-refractivity contribution in [1.82, 2.24) is 10.2 Å². The molecule has 1 aliphatic heterocycles. The maximum atomic E-state index is 13.3. The van der Waals surface area contributed by atoms with Crippen molar-refractivity contribution < 1.29 is 13.9 Å². The molecular formula is C20H21Cl2FN2O2. The van der Waals surface area contributed by atoms with E-state index in [2.05, 4.69) is 10.2 Å². The molecule has 144 valence electrons. The van der Waals surface area contributed by atoms with Gasteiger partial charge in [0.1, 0.15) is 5.82 Å². The quantitative estimate of drug-likeness (QED) is 0.785. The number of halogens is 3. The van der Waals surface area contributed by atoms with Crippen molar-refractivity contribution >= 4 is 29.1 Å². The van der Waals surface area contributed by atoms with Crippen LogP contribution in [0, 0.1) is 5.82 Å². The first kappa shape index (κ1) is 20.1. The molecule has 0 radical (unpaired) electrons. The Bertz CT molecular complexity index is 760. The van der Waals surface area contributed by atoms with Gasteiger partial charge in [-0.3, -0.25) is 9.69 Å². The van der Waals surface area contributed by atoms with Crippen LogP contribution in [-0.4, -0.2) is 43.7 Å². The van der Waals surface area contributed by atoms with Crippen molar-refractivity contribution in [1.29, 1.82) is 0 Å². The van der Waals surface area contributed by atoms with Crippen molar-refractivity contribution in [3.63, 3.8) is 0 Å². The third-order valence-electron chi connectivity index (χ3n) is 4.63. The van der Waals surface area contributed by atoms with Gasteiger partial charge >= 0.3 is 0 Å². The minimum atomic E-state index is -0.281. The molecule has 1 heterocycles. The summed E-state index contributed by atoms with van der Waals surface area (Å²) in [6.07, 6.45) is 0.109. The summed E-state index contributed by atoms with van der Waals surface area (Å²) in [7, 11) is 0. The summed E-state index contributed by atoms with van der Waals surface area (Å²) in [5.41, 5.74) is 1.57. The highest BCUT2D eigenvalue weighted by molar-refractivity contribution is 6.36. The number of ether oxygens (including phenoxy) is 1. The molecule has 1 saturated heterocycles. The van der Waals surface area contributed by atoms with Crippen molar-refractivity contribution in [2.45, 2.75) is 12.5 Å². The zero-order valence-corrected chi connectivity index (χ0v) is 16.3. The fourth-order valence-corrected chi connectivity index (χ4v) is 3.70. The fraction of sp³-hybridized carbons (Fsp3) is 0.350. The van der Waals surface area contributed by atoms with Gasteiger partial charge in [-0.1, -0.05) is 41.4 Å². The summed E-state index contributed by atoms with van der Waals surface area (Å²) in [6.45, 7) is 3.21. The topological polar surface area (TPSA) is 41.6 Å². The molecule has 1 aliphatic rings. The molecule has 2 aromatic rings. The van der Waals surface area contributed by atoms with Gasteiger partial charge in [-0.25, -0.2) is 4.39 Å². The predicted molar refractivity (Wildman–Crippen MR) is 105 cm³/mol. The smallest absolute Gasteiger partial charge is 0.224 e. The molecule has 3 rings (SSSR count). The number of benzene rings is 2. The Balaban J connectivity index is 1.68. The second kappa shape index (κ2) is 9.51. The Hall–Kier alpha value is -1.66. The van der Waals surface area contributed by atoms with Crippen LogP contribution in [0.15, 0.2) is 42.5 Å². The second-order valence-electron chi connectivity index (χ2n) is 6.40. The lowest BCUT2D eigenvalue weighted by Gasteiger charge is -2.35. The zero-order valence-electron chi connectivity index (χ0n) is 14.8. The summed E-state index contributed by atoms with van der Waals surface area (Å²) < 4.78 is 18.7. The molecule has 1 unspecified atom stereocenters. The van der Waals surface area contributed by atoms with Crippen LogP contribution >= 0.6 is 23.2 Å². The molecule has 7 heteroatoms. The van der Waals surface area contributed by atoms with E-state index in [1.165, 1.54) is 12.1 Å². The van der Waals surface area contributed by atoms with Crippen molar-refractivity contribution in [3.8, 4) is 0 Å². The first-order valence-corrected chi connectivity index (χ1v) is 9.57. The molecule has 4 nitrogen and oxygen atoms in total. The van der Waals surface area contributed by atoms with Gasteiger partial charge in [0.15, 0.2) is 0 Å². The van der Waals surface area contributed by atoms with Crippen LogP contribution in [0.3, 0.4) is 0 Å². The molecule has 1 amide bonds. The van der Waals surface area contributed by atoms with E-state index in [9.17, 15) is 9.18 Å². The summed E-state index contributed by atoms with van der Waals surface area (Å²) in [4.78, 5) is 14.7. The van der Waals surface area contributed by atoms with E-state index in [0.29, 0.717) is 35.4 Å². The Labute approximate surface area is 168 Å². The van der Waals surface area contributed by atoms with E-state index < -0.39 is 0 Å². The Morgan fingerprint density at radius 2 is 1.74 bits per heavy atom. The van der Waals surface area contributed by atoms with Crippen LogP contribution in [-0.2, 0) is 16.0 Å². The molecule has 1 fully saturated rings. The normalized spacial score (nSPS) is 16.1. The molecule has 27 heavy (non-hydrogen) atoms. The van der Waals surface area contributed by atoms with E-state index >= 15 is 0 Å². The molecule has 0 bridgehead atoms. The summed E-state index contributed by atoms with van der Waals surface area (Å²) in [5, 5.41) is 3.91. The van der Waals surface area contributed by atoms with E-state index in [4.69, 9.17) is 27.9 Å². The molecule has 1 N–H and O–H groups in total. The van der Waals surface area contributed by atoms with Crippen LogP contribution in [0.25, 0.3) is 0 Å². The van der Waals surface area contributed by atoms with E-state index in [1.807, 2.05) is 0 Å². The molecule has 0 aliphatic carbocycles. The molecular weight excluding hydrogens is 390 g/mol. The third kappa shape index (κ3) is 5.42. The van der Waals surface area contributed by atoms with E-state index in [-0.39, 0.29) is 24.2 Å². The van der Waals surface area contributed by atoms with Gasteiger partial charge in [-0.15, -0.1) is 0 Å². The highest BCUT2D eigenvalue weighted by Crippen LogP contribution is 2.25. The number of hydrogen-bond donors (Lipinski definition) is 1. The average molecular weight is 411 g/mol. The highest BCUT2D eigenvalue weighted by atomic mass is 35.5. The number of carbonyl (C=O) groups excluding carboxylic acids is 1. The summed E-state index contributed by atoms with van der Waals surface area (Å²) in [6, 6.07) is 11.5. The van der Waals surface area contributed by atoms with Crippen LogP contribution in [0.4, 0.5) is 4.39 Å². The predicted octanol–water partition coefficient (Wildman–Crippen LogP) is 3.86. The van der Waals surface area contributed by atoms with E-state index in [0.717, 1.165) is 18.7 Å². The minimum Gasteiger partial charge on any atom is -0.379 e. The summed E-state index contributed by atoms with van der Waals surface area (Å²) in [5.74, 6) is -0.442. The Morgan fingerprint density at radius 1 is 1.11 bits per heavy atom. The molecule has 2 aromatic carbocycles. The van der Waals surface area contributed by atoms with Gasteiger partial charge in [0.2, 0.25) is 5.91 Å². The standard InChI is InChI=1S/C20H21Cl2FN2O2/c21-17-2-1-3-18(22)16(17)12-20(26)24-13-19(25-8-10-27-11-9-25)14-4-6-15(23)7-5-14/h1-7,19H,8-13H2,(H,24,26). The number of amides is 1. The Kier molecular flexibility index (Phi) is 7.07. The number of rotatable bonds is 6. The number of morpholine rings is 1. The van der Waals surface area contributed by atoms with Crippen LogP contribution in [0.5, 0.6) is 0 Å². The van der Waals surface area contributed by atoms with Gasteiger partial charge < -0.3 is 10.1 Å². The minimum absolute atomic E-state index is 0.0554. The van der Waals surface area contributed by atoms with Crippen molar-refractivity contribution in [2.75, 3.05) is 32.8 Å². The number of hydrogen-bond acceptors (Lipinski definition) is 3. The average Bonchev–Trinajstić information content (AvgIpc) is 2.67. The third-order valence-corrected chi connectivity index (χ3v) is 5.34. The first-order valence-electron chi connectivity index (χ1n) is 8.81. The molecule has 0 spiro atoms. The monoisotopic (exact) mass is 410 g/mol. The molecule has 0 aromatic heterocycles. The largest absolute Gasteiger partial charge is 0.379 e. The lowest BCUT2D eigenvalue weighted by molar-refractivity contribution is -0.120. The lowest BCUT2D eigenvalue weighted by atomic mass is 10.0. The Morgan fingerprint density at radius 3 is 2.37 bits per heavy atom. The van der Waals surface area contributed by atoms with Crippen LogP contribution in [0.1, 0.15) is 17.2 Å². The number of nitrogens with zero attached hydrogens (tertiary/aromatic N) is 1. The maximum Gasteiger partial charge on any atom is 0.224 e. The number of nitrogens with one attached hydrogen (secondary N) is 1. The van der Waals surface area contributed by atoms with Gasteiger partial charge in [0.05, 0.1) is 25.7 Å². The van der Waals surface area contributed by atoms with Crippen LogP contribution < -0.4 is 5.32 Å². The van der Waals surface area contributed by atoms with Crippen LogP contribution in [0.2, 0.25) is 10.0 Å². The highest BCUT2D eigenvalue weighted by Gasteiger charge is 2.23. The SMILES string of the molecule is O=C(Cc1c(Cl)cccc1Cl)NCC(c1ccc(F)cc1)N1CCOCC1. The second-order valence-corrected chi connectivity index (χ2v) is 7.21. The molecule has 0 saturated carbocycles. The van der Waals surface area contributed by atoms with Gasteiger partial charge in [0.25, 0.3) is 0 Å². The fourth-order valence-electron chi connectivity index (χ4n) is 3.17. The first-order chi connectivity index (χ1) is 13.0. The van der Waals surface area contributed by atoms with Crippen molar-refractivity contribution in [2.24, 2.45) is 0 Å². The number of carbonyl (C=O) groups is 1. The lowest BCUT2D eigenvalue weighted by Crippen LogP contribution is -2.44. The molecule has 1 atom stereocenters. The maximum absolute atomic E-state index is 13.3. The van der Waals surface area contributed by atoms with Gasteiger partial charge in [0, 0.05) is 29.7 Å². The van der Waals surface area contributed by atoms with Gasteiger partial charge in [-0.2, -0.15) is 0 Å². The summed E-state index contributed by atoms with van der Waals surface area (Å²) >= 11 is 12.3. The van der Waals surface area contributed by atoms with E-state index in [1.54, 1.807) is 30.3 Å². The van der Waals surface area contributed by atoms with Crippen molar-refractivity contribution in [3.05, 3.63) is 69.5 Å².